The van der Waals surface area contributed by atoms with Gasteiger partial charge in [0.05, 0.1) is 19.2 Å². The van der Waals surface area contributed by atoms with Gasteiger partial charge < -0.3 is 4.74 Å². The number of rotatable bonds is 7. The summed E-state index contributed by atoms with van der Waals surface area (Å²) in [7, 11) is 1.74. The summed E-state index contributed by atoms with van der Waals surface area (Å²) >= 11 is 0. The van der Waals surface area contributed by atoms with Gasteiger partial charge in [-0.05, 0) is 14.0 Å². The van der Waals surface area contributed by atoms with Crippen molar-refractivity contribution in [3.05, 3.63) is 0 Å². The normalized spacial score (nSPS) is 9.73. The van der Waals surface area contributed by atoms with E-state index >= 15 is 0 Å². The number of esters is 1. The molecule has 0 aromatic carbocycles. The monoisotopic (exact) mass is 212 g/mol. The van der Waals surface area contributed by atoms with Crippen molar-refractivity contribution < 1.29 is 14.3 Å². The molecule has 0 aromatic rings. The van der Waals surface area contributed by atoms with E-state index in [4.69, 9.17) is 5.26 Å². The highest BCUT2D eigenvalue weighted by Crippen LogP contribution is 1.93. The molecular weight excluding hydrogens is 196 g/mol. The Kier molecular flexibility index (Phi) is 7.20. The van der Waals surface area contributed by atoms with Gasteiger partial charge in [-0.3, -0.25) is 14.5 Å². The summed E-state index contributed by atoms with van der Waals surface area (Å²) in [6.07, 6.45) is 0.188. The van der Waals surface area contributed by atoms with Crippen LogP contribution in [0.15, 0.2) is 0 Å². The fourth-order valence-corrected chi connectivity index (χ4v) is 1.05. The minimum atomic E-state index is -0.490. The van der Waals surface area contributed by atoms with Crippen molar-refractivity contribution in [2.45, 2.75) is 19.8 Å². The number of hydrogen-bond donors (Lipinski definition) is 0. The third kappa shape index (κ3) is 7.65. The number of likely N-dealkylation sites (N-methyl/N-ethyl adjacent to an activating group) is 1. The summed E-state index contributed by atoms with van der Waals surface area (Å²) in [5.41, 5.74) is 0. The van der Waals surface area contributed by atoms with Gasteiger partial charge in [0, 0.05) is 13.0 Å². The first-order valence-electron chi connectivity index (χ1n) is 4.83. The van der Waals surface area contributed by atoms with E-state index in [0.717, 1.165) is 0 Å². The molecule has 0 aliphatic rings. The minimum absolute atomic E-state index is 0.181. The summed E-state index contributed by atoms with van der Waals surface area (Å²) < 4.78 is 4.64. The van der Waals surface area contributed by atoms with Gasteiger partial charge in [-0.25, -0.2) is 0 Å². The molecule has 0 saturated heterocycles. The van der Waals surface area contributed by atoms with Gasteiger partial charge in [0.15, 0.2) is 5.78 Å². The van der Waals surface area contributed by atoms with E-state index in [-0.39, 0.29) is 25.4 Å². The van der Waals surface area contributed by atoms with Gasteiger partial charge >= 0.3 is 5.97 Å². The second kappa shape index (κ2) is 7.94. The Morgan fingerprint density at radius 1 is 1.47 bits per heavy atom. The lowest BCUT2D eigenvalue weighted by Gasteiger charge is -2.12. The fraction of sp³-hybridized carbons (Fsp3) is 0.700. The van der Waals surface area contributed by atoms with Crippen molar-refractivity contribution in [1.82, 2.24) is 4.90 Å². The van der Waals surface area contributed by atoms with Crippen LogP contribution in [0.4, 0.5) is 0 Å². The van der Waals surface area contributed by atoms with E-state index in [1.165, 1.54) is 0 Å². The smallest absolute Gasteiger partial charge is 0.313 e. The molecule has 0 aromatic heterocycles. The number of carbonyl (C=O) groups is 2. The molecule has 0 saturated carbocycles. The molecule has 5 heteroatoms. The highest BCUT2D eigenvalue weighted by Gasteiger charge is 2.12. The van der Waals surface area contributed by atoms with Gasteiger partial charge in [-0.15, -0.1) is 0 Å². The Balaban J connectivity index is 3.73. The van der Waals surface area contributed by atoms with Crippen molar-refractivity contribution in [2.75, 3.05) is 26.7 Å². The first-order chi connectivity index (χ1) is 7.10. The molecule has 0 aliphatic heterocycles. The molecule has 0 heterocycles. The largest absolute Gasteiger partial charge is 0.466 e. The molecule has 5 nitrogen and oxygen atoms in total. The SMILES string of the molecule is CCOC(=O)CC(=O)CN(C)CCC#N. The van der Waals surface area contributed by atoms with Crippen LogP contribution in [-0.4, -0.2) is 43.4 Å². The van der Waals surface area contributed by atoms with Crippen molar-refractivity contribution in [3.63, 3.8) is 0 Å². The van der Waals surface area contributed by atoms with Gasteiger partial charge in [0.2, 0.25) is 0 Å². The minimum Gasteiger partial charge on any atom is -0.466 e. The molecule has 0 N–H and O–H groups in total. The predicted octanol–water partition coefficient (Wildman–Crippen LogP) is 0.354. The zero-order chi connectivity index (χ0) is 11.7. The van der Waals surface area contributed by atoms with Crippen LogP contribution in [0, 0.1) is 11.3 Å². The third-order valence-corrected chi connectivity index (χ3v) is 1.70. The molecule has 0 aliphatic carbocycles. The Hall–Kier alpha value is -1.41. The van der Waals surface area contributed by atoms with Gasteiger partial charge in [-0.2, -0.15) is 5.26 Å². The second-order valence-corrected chi connectivity index (χ2v) is 3.17. The third-order valence-electron chi connectivity index (χ3n) is 1.70. The van der Waals surface area contributed by atoms with Crippen LogP contribution >= 0.6 is 0 Å². The number of ether oxygens (including phenoxy) is 1. The van der Waals surface area contributed by atoms with E-state index in [1.807, 2.05) is 6.07 Å². The van der Waals surface area contributed by atoms with Gasteiger partial charge in [0.25, 0.3) is 0 Å². The standard InChI is InChI=1S/C10H16N2O3/c1-3-15-10(14)7-9(13)8-12(2)6-4-5-11/h3-4,6-8H2,1-2H3. The van der Waals surface area contributed by atoms with Gasteiger partial charge in [0.1, 0.15) is 6.42 Å². The number of hydrogen-bond acceptors (Lipinski definition) is 5. The fourth-order valence-electron chi connectivity index (χ4n) is 1.05. The Morgan fingerprint density at radius 3 is 2.67 bits per heavy atom. The predicted molar refractivity (Wildman–Crippen MR) is 54.0 cm³/mol. The topological polar surface area (TPSA) is 70.4 Å². The van der Waals surface area contributed by atoms with E-state index in [9.17, 15) is 9.59 Å². The van der Waals surface area contributed by atoms with E-state index in [2.05, 4.69) is 4.74 Å². The average molecular weight is 212 g/mol. The lowest BCUT2D eigenvalue weighted by Crippen LogP contribution is -2.28. The van der Waals surface area contributed by atoms with Crippen molar-refractivity contribution in [2.24, 2.45) is 0 Å². The first kappa shape index (κ1) is 13.6. The van der Waals surface area contributed by atoms with Crippen LogP contribution in [0.25, 0.3) is 0 Å². The summed E-state index contributed by atoms with van der Waals surface area (Å²) in [5.74, 6) is -0.676. The number of carbonyl (C=O) groups excluding carboxylic acids is 2. The maximum absolute atomic E-state index is 11.3. The number of ketones is 1. The van der Waals surface area contributed by atoms with Crippen LogP contribution in [0.1, 0.15) is 19.8 Å². The summed E-state index contributed by atoms with van der Waals surface area (Å²) in [6.45, 7) is 2.70. The van der Waals surface area contributed by atoms with Crippen LogP contribution < -0.4 is 0 Å². The van der Waals surface area contributed by atoms with Crippen molar-refractivity contribution in [3.8, 4) is 6.07 Å². The van der Waals surface area contributed by atoms with Crippen LogP contribution in [0.2, 0.25) is 0 Å². The molecule has 0 unspecified atom stereocenters. The average Bonchev–Trinajstić information content (AvgIpc) is 2.14. The van der Waals surface area contributed by atoms with Crippen LogP contribution in [0.5, 0.6) is 0 Å². The van der Waals surface area contributed by atoms with E-state index < -0.39 is 5.97 Å². The molecule has 0 fully saturated rings. The molecule has 0 spiro atoms. The highest BCUT2D eigenvalue weighted by molar-refractivity contribution is 5.96. The number of Topliss-reactive ketones (excluding diaryl/α,β-unsaturated/α-hetero) is 1. The maximum Gasteiger partial charge on any atom is 0.313 e. The number of nitrogens with zero attached hydrogens (tertiary/aromatic N) is 2. The molecule has 0 radical (unpaired) electrons. The van der Waals surface area contributed by atoms with Crippen LogP contribution in [0.3, 0.4) is 0 Å². The molecule has 84 valence electrons. The summed E-state index contributed by atoms with van der Waals surface area (Å²) in [4.78, 5) is 23.9. The Bertz CT molecular complexity index is 258. The highest BCUT2D eigenvalue weighted by atomic mass is 16.5. The van der Waals surface area contributed by atoms with Crippen molar-refractivity contribution in [1.29, 1.82) is 5.26 Å². The Morgan fingerprint density at radius 2 is 2.13 bits per heavy atom. The number of nitriles is 1. The Labute approximate surface area is 89.6 Å². The maximum atomic E-state index is 11.3. The summed E-state index contributed by atoms with van der Waals surface area (Å²) in [6, 6.07) is 1.99. The van der Waals surface area contributed by atoms with E-state index in [1.54, 1.807) is 18.9 Å². The van der Waals surface area contributed by atoms with Crippen molar-refractivity contribution >= 4 is 11.8 Å². The zero-order valence-electron chi connectivity index (χ0n) is 9.15. The van der Waals surface area contributed by atoms with E-state index in [0.29, 0.717) is 13.0 Å². The molecule has 0 amide bonds. The molecule has 15 heavy (non-hydrogen) atoms. The second-order valence-electron chi connectivity index (χ2n) is 3.17. The first-order valence-corrected chi connectivity index (χ1v) is 4.83. The molecule has 0 rings (SSSR count). The lowest BCUT2D eigenvalue weighted by molar-refractivity contribution is -0.145. The molecule has 0 atom stereocenters. The summed E-state index contributed by atoms with van der Waals surface area (Å²) in [5, 5.41) is 8.33. The molecule has 0 bridgehead atoms. The lowest BCUT2D eigenvalue weighted by atomic mass is 10.2. The molecular formula is C10H16N2O3. The quantitative estimate of drug-likeness (QED) is 0.450. The zero-order valence-corrected chi connectivity index (χ0v) is 9.15. The van der Waals surface area contributed by atoms with Crippen LogP contribution in [-0.2, 0) is 14.3 Å². The van der Waals surface area contributed by atoms with Gasteiger partial charge in [-0.1, -0.05) is 0 Å².